The summed E-state index contributed by atoms with van der Waals surface area (Å²) in [6.45, 7) is 0. The first-order chi connectivity index (χ1) is 21.8. The molecule has 0 aliphatic heterocycles. The van der Waals surface area contributed by atoms with Gasteiger partial charge in [-0.15, -0.1) is 0 Å². The summed E-state index contributed by atoms with van der Waals surface area (Å²) < 4.78 is 2.39. The molecule has 0 saturated carbocycles. The van der Waals surface area contributed by atoms with Gasteiger partial charge >= 0.3 is 0 Å². The Balaban J connectivity index is 1.23. The number of rotatable bonds is 4. The molecule has 1 atom stereocenters. The molecule has 0 radical (unpaired) electrons. The van der Waals surface area contributed by atoms with E-state index < -0.39 is 0 Å². The Kier molecular flexibility index (Phi) is 5.67. The van der Waals surface area contributed by atoms with E-state index in [-0.39, 0.29) is 0 Å². The molecule has 0 fully saturated rings. The average molecular weight is 563 g/mol. The van der Waals surface area contributed by atoms with Crippen LogP contribution in [0.4, 0.5) is 0 Å². The lowest BCUT2D eigenvalue weighted by atomic mass is 9.91. The molecule has 2 aromatic heterocycles. The van der Waals surface area contributed by atoms with Crippen LogP contribution in [0.25, 0.3) is 71.6 Å². The third-order valence-electron chi connectivity index (χ3n) is 9.25. The minimum Gasteiger partial charge on any atom is -0.355 e. The summed E-state index contributed by atoms with van der Waals surface area (Å²) in [5.74, 6) is 0.433. The zero-order valence-corrected chi connectivity index (χ0v) is 24.2. The number of aromatic nitrogens is 2. The number of benzene rings is 6. The van der Waals surface area contributed by atoms with Crippen molar-refractivity contribution in [3.63, 3.8) is 0 Å². The topological polar surface area (TPSA) is 20.7 Å². The number of hydrogen-bond acceptors (Lipinski definition) is 0. The monoisotopic (exact) mass is 562 g/mol. The van der Waals surface area contributed by atoms with Gasteiger partial charge in [-0.05, 0) is 94.9 Å². The summed E-state index contributed by atoms with van der Waals surface area (Å²) >= 11 is 0. The van der Waals surface area contributed by atoms with Gasteiger partial charge in [-0.3, -0.25) is 0 Å². The van der Waals surface area contributed by atoms with E-state index in [4.69, 9.17) is 0 Å². The molecule has 0 saturated heterocycles. The maximum Gasteiger partial charge on any atom is 0.0541 e. The first-order valence-electron chi connectivity index (χ1n) is 15.4. The van der Waals surface area contributed by atoms with Gasteiger partial charge in [0.05, 0.1) is 11.0 Å². The Morgan fingerprint density at radius 1 is 0.500 bits per heavy atom. The van der Waals surface area contributed by atoms with Crippen molar-refractivity contribution in [1.29, 1.82) is 0 Å². The van der Waals surface area contributed by atoms with Crippen LogP contribution in [0, 0.1) is 0 Å². The Hall–Kier alpha value is -5.60. The van der Waals surface area contributed by atoms with Gasteiger partial charge in [0.25, 0.3) is 0 Å². The SMILES string of the molecule is C1=CCC(c2ccc3[nH]c4ccc(-c5ccc6c(c5)c5cc(-c7ccccc7)ccc5n6-c5ccccc5)cc4c3c2)C=C1. The molecule has 0 bridgehead atoms. The maximum atomic E-state index is 3.65. The van der Waals surface area contributed by atoms with Crippen molar-refractivity contribution < 1.29 is 0 Å². The Labute approximate surface area is 256 Å². The number of nitrogens with zero attached hydrogens (tertiary/aromatic N) is 1. The lowest BCUT2D eigenvalue weighted by molar-refractivity contribution is 0.855. The molecule has 6 aromatic carbocycles. The molecule has 8 aromatic rings. The molecular formula is C42H30N2. The number of aromatic amines is 1. The number of allylic oxidation sites excluding steroid dienone is 4. The van der Waals surface area contributed by atoms with Crippen LogP contribution >= 0.6 is 0 Å². The van der Waals surface area contributed by atoms with Crippen LogP contribution in [0.15, 0.2) is 158 Å². The quantitative estimate of drug-likeness (QED) is 0.220. The van der Waals surface area contributed by atoms with E-state index >= 15 is 0 Å². The smallest absolute Gasteiger partial charge is 0.0541 e. The van der Waals surface area contributed by atoms with Gasteiger partial charge < -0.3 is 9.55 Å². The van der Waals surface area contributed by atoms with Crippen molar-refractivity contribution in [3.05, 3.63) is 163 Å². The second kappa shape index (κ2) is 10.00. The van der Waals surface area contributed by atoms with E-state index in [1.54, 1.807) is 0 Å². The summed E-state index contributed by atoms with van der Waals surface area (Å²) in [6, 6.07) is 48.9. The summed E-state index contributed by atoms with van der Waals surface area (Å²) in [5.41, 5.74) is 12.3. The van der Waals surface area contributed by atoms with Gasteiger partial charge in [0.15, 0.2) is 0 Å². The fourth-order valence-electron chi connectivity index (χ4n) is 7.02. The van der Waals surface area contributed by atoms with E-state index in [2.05, 4.69) is 167 Å². The highest BCUT2D eigenvalue weighted by Crippen LogP contribution is 2.38. The van der Waals surface area contributed by atoms with Crippen LogP contribution in [0.2, 0.25) is 0 Å². The van der Waals surface area contributed by atoms with Crippen molar-refractivity contribution in [3.8, 4) is 27.9 Å². The fourth-order valence-corrected chi connectivity index (χ4v) is 7.02. The molecule has 1 unspecified atom stereocenters. The predicted octanol–water partition coefficient (Wildman–Crippen LogP) is 11.4. The normalized spacial score (nSPS) is 14.8. The second-order valence-electron chi connectivity index (χ2n) is 11.8. The van der Waals surface area contributed by atoms with Gasteiger partial charge in [-0.2, -0.15) is 0 Å². The first kappa shape index (κ1) is 24.9. The van der Waals surface area contributed by atoms with Crippen LogP contribution in [-0.4, -0.2) is 9.55 Å². The highest BCUT2D eigenvalue weighted by molar-refractivity contribution is 6.12. The molecule has 44 heavy (non-hydrogen) atoms. The molecular weight excluding hydrogens is 532 g/mol. The molecule has 0 amide bonds. The van der Waals surface area contributed by atoms with Gasteiger partial charge in [0.1, 0.15) is 0 Å². The van der Waals surface area contributed by atoms with E-state index in [1.807, 2.05) is 0 Å². The van der Waals surface area contributed by atoms with Crippen molar-refractivity contribution in [1.82, 2.24) is 9.55 Å². The number of hydrogen-bond donors (Lipinski definition) is 1. The molecule has 0 spiro atoms. The number of fused-ring (bicyclic) bond motifs is 6. The molecule has 2 nitrogen and oxygen atoms in total. The third kappa shape index (κ3) is 4.03. The molecule has 2 heterocycles. The zero-order chi connectivity index (χ0) is 29.0. The van der Waals surface area contributed by atoms with Gasteiger partial charge in [-0.25, -0.2) is 0 Å². The second-order valence-corrected chi connectivity index (χ2v) is 11.8. The summed E-state index contributed by atoms with van der Waals surface area (Å²) in [7, 11) is 0. The van der Waals surface area contributed by atoms with Crippen LogP contribution in [0.1, 0.15) is 17.9 Å². The van der Waals surface area contributed by atoms with Crippen molar-refractivity contribution >= 4 is 43.6 Å². The predicted molar refractivity (Wildman–Crippen MR) is 187 cm³/mol. The third-order valence-corrected chi connectivity index (χ3v) is 9.25. The molecule has 1 N–H and O–H groups in total. The Bertz CT molecular complexity index is 2400. The lowest BCUT2D eigenvalue weighted by Gasteiger charge is -2.13. The number of para-hydroxylation sites is 1. The van der Waals surface area contributed by atoms with Crippen molar-refractivity contribution in [2.24, 2.45) is 0 Å². The first-order valence-corrected chi connectivity index (χ1v) is 15.4. The van der Waals surface area contributed by atoms with Gasteiger partial charge in [0, 0.05) is 44.2 Å². The average Bonchev–Trinajstić information content (AvgIpc) is 3.63. The van der Waals surface area contributed by atoms with E-state index in [0.29, 0.717) is 5.92 Å². The molecule has 1 aliphatic carbocycles. The summed E-state index contributed by atoms with van der Waals surface area (Å²) in [5, 5.41) is 5.08. The van der Waals surface area contributed by atoms with Crippen molar-refractivity contribution in [2.75, 3.05) is 0 Å². The summed E-state index contributed by atoms with van der Waals surface area (Å²) in [4.78, 5) is 3.65. The number of H-pyrrole nitrogens is 1. The summed E-state index contributed by atoms with van der Waals surface area (Å²) in [6.07, 6.45) is 9.93. The maximum absolute atomic E-state index is 3.65. The fraction of sp³-hybridized carbons (Fsp3) is 0.0476. The lowest BCUT2D eigenvalue weighted by Crippen LogP contribution is -1.95. The van der Waals surface area contributed by atoms with E-state index in [1.165, 1.54) is 77.1 Å². The minimum absolute atomic E-state index is 0.433. The minimum atomic E-state index is 0.433. The van der Waals surface area contributed by atoms with Crippen LogP contribution < -0.4 is 0 Å². The Morgan fingerprint density at radius 2 is 1.09 bits per heavy atom. The van der Waals surface area contributed by atoms with Crippen molar-refractivity contribution in [2.45, 2.75) is 12.3 Å². The Morgan fingerprint density at radius 3 is 1.77 bits per heavy atom. The van der Waals surface area contributed by atoms with Crippen LogP contribution in [-0.2, 0) is 0 Å². The largest absolute Gasteiger partial charge is 0.355 e. The standard InChI is InChI=1S/C42H30N2/c1-4-10-28(11-5-1)30-16-20-39-35(24-30)36-25-32(17-21-40(36)43-39)33-19-23-42-38(27-33)37-26-31(29-12-6-2-7-13-29)18-22-41(37)44(42)34-14-8-3-9-15-34/h1-10,12-28,43H,11H2. The van der Waals surface area contributed by atoms with Crippen LogP contribution in [0.5, 0.6) is 0 Å². The molecule has 208 valence electrons. The molecule has 2 heteroatoms. The molecule has 1 aliphatic rings. The van der Waals surface area contributed by atoms with Gasteiger partial charge in [0.2, 0.25) is 0 Å². The molecule has 9 rings (SSSR count). The van der Waals surface area contributed by atoms with Crippen LogP contribution in [0.3, 0.4) is 0 Å². The van der Waals surface area contributed by atoms with E-state index in [9.17, 15) is 0 Å². The highest BCUT2D eigenvalue weighted by atomic mass is 15.0. The zero-order valence-electron chi connectivity index (χ0n) is 24.2. The number of nitrogens with one attached hydrogen (secondary N) is 1. The van der Waals surface area contributed by atoms with E-state index in [0.717, 1.165) is 6.42 Å². The van der Waals surface area contributed by atoms with Gasteiger partial charge in [-0.1, -0.05) is 97.1 Å². The highest BCUT2D eigenvalue weighted by Gasteiger charge is 2.16.